The Morgan fingerprint density at radius 1 is 1.39 bits per heavy atom. The SMILES string of the molecule is Cc1ccccc1[C@@H](C)NC(=O)CCC(C)(C)N. The van der Waals surface area contributed by atoms with Gasteiger partial charge in [0.1, 0.15) is 0 Å². The molecule has 3 heteroatoms. The maximum Gasteiger partial charge on any atom is 0.220 e. The molecule has 3 N–H and O–H groups in total. The number of rotatable bonds is 5. The van der Waals surface area contributed by atoms with Crippen molar-refractivity contribution in [2.24, 2.45) is 5.73 Å². The molecule has 0 saturated carbocycles. The van der Waals surface area contributed by atoms with Gasteiger partial charge in [0, 0.05) is 12.0 Å². The molecule has 1 rings (SSSR count). The predicted octanol–water partition coefficient (Wildman–Crippen LogP) is 2.69. The molecule has 1 aromatic carbocycles. The van der Waals surface area contributed by atoms with Crippen molar-refractivity contribution < 1.29 is 4.79 Å². The highest BCUT2D eigenvalue weighted by Gasteiger charge is 2.15. The van der Waals surface area contributed by atoms with Gasteiger partial charge in [0.2, 0.25) is 5.91 Å². The molecule has 0 unspecified atom stereocenters. The Balaban J connectivity index is 2.53. The third kappa shape index (κ3) is 4.88. The van der Waals surface area contributed by atoms with Crippen molar-refractivity contribution in [3.8, 4) is 0 Å². The summed E-state index contributed by atoms with van der Waals surface area (Å²) in [6.45, 7) is 7.94. The Morgan fingerprint density at radius 3 is 2.56 bits per heavy atom. The average molecular weight is 248 g/mol. The molecular formula is C15H24N2O. The van der Waals surface area contributed by atoms with Crippen LogP contribution in [0.25, 0.3) is 0 Å². The number of nitrogens with two attached hydrogens (primary N) is 1. The van der Waals surface area contributed by atoms with Gasteiger partial charge in [-0.1, -0.05) is 24.3 Å². The first-order valence-corrected chi connectivity index (χ1v) is 6.43. The molecule has 0 bridgehead atoms. The van der Waals surface area contributed by atoms with Gasteiger partial charge in [-0.25, -0.2) is 0 Å². The monoisotopic (exact) mass is 248 g/mol. The number of benzene rings is 1. The Morgan fingerprint density at radius 2 is 2.00 bits per heavy atom. The van der Waals surface area contributed by atoms with Gasteiger partial charge in [-0.15, -0.1) is 0 Å². The van der Waals surface area contributed by atoms with Gasteiger partial charge >= 0.3 is 0 Å². The van der Waals surface area contributed by atoms with Crippen LogP contribution in [0.4, 0.5) is 0 Å². The van der Waals surface area contributed by atoms with Crippen molar-refractivity contribution in [2.75, 3.05) is 0 Å². The number of nitrogens with one attached hydrogen (secondary N) is 1. The van der Waals surface area contributed by atoms with E-state index in [1.807, 2.05) is 39.0 Å². The Hall–Kier alpha value is -1.35. The first-order valence-electron chi connectivity index (χ1n) is 6.43. The van der Waals surface area contributed by atoms with Crippen LogP contribution < -0.4 is 11.1 Å². The minimum absolute atomic E-state index is 0.0413. The van der Waals surface area contributed by atoms with E-state index >= 15 is 0 Å². The first-order chi connectivity index (χ1) is 8.29. The van der Waals surface area contributed by atoms with Gasteiger partial charge in [-0.2, -0.15) is 0 Å². The molecule has 3 nitrogen and oxygen atoms in total. The van der Waals surface area contributed by atoms with E-state index < -0.39 is 0 Å². The zero-order valence-electron chi connectivity index (χ0n) is 11.8. The highest BCUT2D eigenvalue weighted by molar-refractivity contribution is 5.76. The number of aryl methyl sites for hydroxylation is 1. The molecular weight excluding hydrogens is 224 g/mol. The van der Waals surface area contributed by atoms with Crippen molar-refractivity contribution in [3.63, 3.8) is 0 Å². The van der Waals surface area contributed by atoms with Crippen LogP contribution in [0, 0.1) is 6.92 Å². The highest BCUT2D eigenvalue weighted by atomic mass is 16.1. The number of hydrogen-bond donors (Lipinski definition) is 2. The summed E-state index contributed by atoms with van der Waals surface area (Å²) in [5.74, 6) is 0.0595. The second kappa shape index (κ2) is 6.01. The summed E-state index contributed by atoms with van der Waals surface area (Å²) in [4.78, 5) is 11.8. The lowest BCUT2D eigenvalue weighted by molar-refractivity contribution is -0.122. The molecule has 0 radical (unpaired) electrons. The normalized spacial score (nSPS) is 13.2. The van der Waals surface area contributed by atoms with E-state index in [1.165, 1.54) is 5.56 Å². The number of carbonyl (C=O) groups excluding carboxylic acids is 1. The van der Waals surface area contributed by atoms with Crippen LogP contribution in [0.1, 0.15) is 50.8 Å². The van der Waals surface area contributed by atoms with Crippen LogP contribution in [0.15, 0.2) is 24.3 Å². The summed E-state index contributed by atoms with van der Waals surface area (Å²) >= 11 is 0. The number of amides is 1. The minimum Gasteiger partial charge on any atom is -0.350 e. The van der Waals surface area contributed by atoms with Crippen LogP contribution in [0.3, 0.4) is 0 Å². The lowest BCUT2D eigenvalue weighted by atomic mass is 9.99. The first kappa shape index (κ1) is 14.7. The fourth-order valence-corrected chi connectivity index (χ4v) is 1.90. The lowest BCUT2D eigenvalue weighted by Crippen LogP contribution is -2.35. The molecule has 100 valence electrons. The van der Waals surface area contributed by atoms with Crippen molar-refractivity contribution >= 4 is 5.91 Å². The summed E-state index contributed by atoms with van der Waals surface area (Å²) < 4.78 is 0. The molecule has 0 fully saturated rings. The van der Waals surface area contributed by atoms with Gasteiger partial charge in [-0.3, -0.25) is 4.79 Å². The maximum atomic E-state index is 11.8. The van der Waals surface area contributed by atoms with Gasteiger partial charge < -0.3 is 11.1 Å². The van der Waals surface area contributed by atoms with E-state index in [1.54, 1.807) is 0 Å². The number of hydrogen-bond acceptors (Lipinski definition) is 2. The van der Waals surface area contributed by atoms with Crippen molar-refractivity contribution in [1.29, 1.82) is 0 Å². The molecule has 1 amide bonds. The fourth-order valence-electron chi connectivity index (χ4n) is 1.90. The van der Waals surface area contributed by atoms with E-state index in [2.05, 4.69) is 18.3 Å². The summed E-state index contributed by atoms with van der Waals surface area (Å²) in [5, 5.41) is 3.02. The third-order valence-corrected chi connectivity index (χ3v) is 3.03. The van der Waals surface area contributed by atoms with Crippen molar-refractivity contribution in [1.82, 2.24) is 5.32 Å². The maximum absolute atomic E-state index is 11.8. The van der Waals surface area contributed by atoms with Crippen LogP contribution in [0.5, 0.6) is 0 Å². The fraction of sp³-hybridized carbons (Fsp3) is 0.533. The van der Waals surface area contributed by atoms with E-state index in [0.717, 1.165) is 5.56 Å². The molecule has 0 aliphatic carbocycles. The van der Waals surface area contributed by atoms with Gasteiger partial charge in [0.15, 0.2) is 0 Å². The second-order valence-corrected chi connectivity index (χ2v) is 5.63. The molecule has 1 atom stereocenters. The summed E-state index contributed by atoms with van der Waals surface area (Å²) in [7, 11) is 0. The van der Waals surface area contributed by atoms with Gasteiger partial charge in [0.05, 0.1) is 6.04 Å². The van der Waals surface area contributed by atoms with Crippen molar-refractivity contribution in [3.05, 3.63) is 35.4 Å². The van der Waals surface area contributed by atoms with Gasteiger partial charge in [-0.05, 0) is 45.2 Å². The lowest BCUT2D eigenvalue weighted by Gasteiger charge is -2.20. The average Bonchev–Trinajstić information content (AvgIpc) is 2.26. The molecule has 0 spiro atoms. The topological polar surface area (TPSA) is 55.1 Å². The van der Waals surface area contributed by atoms with Crippen molar-refractivity contribution in [2.45, 2.75) is 52.1 Å². The highest BCUT2D eigenvalue weighted by Crippen LogP contribution is 2.17. The van der Waals surface area contributed by atoms with Gasteiger partial charge in [0.25, 0.3) is 0 Å². The quantitative estimate of drug-likeness (QED) is 0.841. The van der Waals surface area contributed by atoms with Crippen LogP contribution in [-0.4, -0.2) is 11.4 Å². The van der Waals surface area contributed by atoms with E-state index in [9.17, 15) is 4.79 Å². The van der Waals surface area contributed by atoms with Crippen LogP contribution in [0.2, 0.25) is 0 Å². The molecule has 0 heterocycles. The molecule has 0 saturated heterocycles. The standard InChI is InChI=1S/C15H24N2O/c1-11-7-5-6-8-13(11)12(2)17-14(18)9-10-15(3,4)16/h5-8,12H,9-10,16H2,1-4H3,(H,17,18)/t12-/m1/s1. The minimum atomic E-state index is -0.288. The Kier molecular flexibility index (Phi) is 4.91. The Bertz CT molecular complexity index is 407. The van der Waals surface area contributed by atoms with E-state index in [0.29, 0.717) is 12.8 Å². The summed E-state index contributed by atoms with van der Waals surface area (Å²) in [6.07, 6.45) is 1.17. The van der Waals surface area contributed by atoms with Crippen LogP contribution >= 0.6 is 0 Å². The predicted molar refractivity (Wildman–Crippen MR) is 75.2 cm³/mol. The third-order valence-electron chi connectivity index (χ3n) is 3.03. The zero-order chi connectivity index (χ0) is 13.8. The van der Waals surface area contributed by atoms with E-state index in [4.69, 9.17) is 5.73 Å². The smallest absolute Gasteiger partial charge is 0.220 e. The summed E-state index contributed by atoms with van der Waals surface area (Å²) in [6, 6.07) is 8.14. The molecule has 0 aliphatic heterocycles. The largest absolute Gasteiger partial charge is 0.350 e. The van der Waals surface area contributed by atoms with E-state index in [-0.39, 0.29) is 17.5 Å². The second-order valence-electron chi connectivity index (χ2n) is 5.63. The Labute approximate surface area is 110 Å². The molecule has 18 heavy (non-hydrogen) atoms. The van der Waals surface area contributed by atoms with Crippen LogP contribution in [-0.2, 0) is 4.79 Å². The molecule has 0 aromatic heterocycles. The number of carbonyl (C=O) groups is 1. The molecule has 0 aliphatic rings. The summed E-state index contributed by atoms with van der Waals surface area (Å²) in [5.41, 5.74) is 7.94. The zero-order valence-corrected chi connectivity index (χ0v) is 11.8. The molecule has 1 aromatic rings.